The summed E-state index contributed by atoms with van der Waals surface area (Å²) >= 11 is 0. The first-order valence-electron chi connectivity index (χ1n) is 8.66. The molecule has 7 nitrogen and oxygen atoms in total. The van der Waals surface area contributed by atoms with Gasteiger partial charge in [0.25, 0.3) is 0 Å². The highest BCUT2D eigenvalue weighted by Gasteiger charge is 2.33. The van der Waals surface area contributed by atoms with Crippen LogP contribution in [-0.2, 0) is 28.4 Å². The SMILES string of the molecule is CN(Cc1ccnn1C)C(=O)C1CCN(S(=O)(=O)c2ccccc2)CC1. The standard InChI is InChI=1S/C18H24N4O3S/c1-20(14-16-8-11-19-21(16)2)18(23)15-9-12-22(13-10-15)26(24,25)17-6-4-3-5-7-17/h3-8,11,15H,9-10,12-14H2,1-2H3. The van der Waals surface area contributed by atoms with Gasteiger partial charge in [0.2, 0.25) is 15.9 Å². The maximum Gasteiger partial charge on any atom is 0.243 e. The number of benzene rings is 1. The molecule has 2 aromatic rings. The van der Waals surface area contributed by atoms with E-state index in [4.69, 9.17) is 0 Å². The first-order chi connectivity index (χ1) is 12.4. The quantitative estimate of drug-likeness (QED) is 0.792. The first kappa shape index (κ1) is 18.6. The molecule has 0 spiro atoms. The molecule has 0 radical (unpaired) electrons. The van der Waals surface area contributed by atoms with E-state index >= 15 is 0 Å². The Balaban J connectivity index is 1.59. The van der Waals surface area contributed by atoms with Crippen LogP contribution in [0.25, 0.3) is 0 Å². The Hall–Kier alpha value is -2.19. The fourth-order valence-electron chi connectivity index (χ4n) is 3.27. The van der Waals surface area contributed by atoms with Crippen molar-refractivity contribution in [1.29, 1.82) is 0 Å². The van der Waals surface area contributed by atoms with Gasteiger partial charge in [0.15, 0.2) is 0 Å². The lowest BCUT2D eigenvalue weighted by molar-refractivity contribution is -0.136. The van der Waals surface area contributed by atoms with Crippen LogP contribution >= 0.6 is 0 Å². The monoisotopic (exact) mass is 376 g/mol. The van der Waals surface area contributed by atoms with Crippen molar-refractivity contribution in [3.05, 3.63) is 48.3 Å². The van der Waals surface area contributed by atoms with E-state index in [9.17, 15) is 13.2 Å². The fourth-order valence-corrected chi connectivity index (χ4v) is 4.76. The van der Waals surface area contributed by atoms with E-state index in [2.05, 4.69) is 5.10 Å². The molecule has 0 aliphatic carbocycles. The van der Waals surface area contributed by atoms with Crippen molar-refractivity contribution in [3.8, 4) is 0 Å². The third-order valence-corrected chi connectivity index (χ3v) is 6.79. The van der Waals surface area contributed by atoms with E-state index in [1.54, 1.807) is 53.2 Å². The van der Waals surface area contributed by atoms with Crippen molar-refractivity contribution in [2.45, 2.75) is 24.3 Å². The molecule has 3 rings (SSSR count). The Kier molecular flexibility index (Phi) is 5.43. The summed E-state index contributed by atoms with van der Waals surface area (Å²) in [7, 11) is 0.147. The van der Waals surface area contributed by atoms with E-state index < -0.39 is 10.0 Å². The second-order valence-electron chi connectivity index (χ2n) is 6.63. The molecule has 1 aromatic carbocycles. The smallest absolute Gasteiger partial charge is 0.243 e. The Morgan fingerprint density at radius 3 is 2.42 bits per heavy atom. The number of aromatic nitrogens is 2. The largest absolute Gasteiger partial charge is 0.340 e. The first-order valence-corrected chi connectivity index (χ1v) is 10.1. The summed E-state index contributed by atoms with van der Waals surface area (Å²) in [5, 5.41) is 4.11. The lowest BCUT2D eigenvalue weighted by Crippen LogP contribution is -2.43. The summed E-state index contributed by atoms with van der Waals surface area (Å²) in [5.74, 6) is -0.0848. The molecule has 0 saturated carbocycles. The van der Waals surface area contributed by atoms with Crippen LogP contribution in [-0.4, -0.2) is 53.4 Å². The predicted octanol–water partition coefficient (Wildman–Crippen LogP) is 1.48. The number of rotatable bonds is 5. The summed E-state index contributed by atoms with van der Waals surface area (Å²) in [6.07, 6.45) is 2.79. The number of hydrogen-bond acceptors (Lipinski definition) is 4. The van der Waals surface area contributed by atoms with E-state index in [1.807, 2.05) is 13.1 Å². The zero-order valence-corrected chi connectivity index (χ0v) is 15.9. The number of nitrogens with zero attached hydrogens (tertiary/aromatic N) is 4. The Bertz CT molecular complexity index is 856. The molecule has 0 N–H and O–H groups in total. The van der Waals surface area contributed by atoms with Crippen molar-refractivity contribution in [1.82, 2.24) is 19.0 Å². The Morgan fingerprint density at radius 1 is 1.19 bits per heavy atom. The van der Waals surface area contributed by atoms with Crippen molar-refractivity contribution < 1.29 is 13.2 Å². The Morgan fingerprint density at radius 2 is 1.85 bits per heavy atom. The van der Waals surface area contributed by atoms with E-state index in [1.165, 1.54) is 4.31 Å². The van der Waals surface area contributed by atoms with E-state index in [0.717, 1.165) is 5.69 Å². The van der Waals surface area contributed by atoms with Crippen LogP contribution in [0.15, 0.2) is 47.5 Å². The van der Waals surface area contributed by atoms with Gasteiger partial charge in [0.05, 0.1) is 17.1 Å². The highest BCUT2D eigenvalue weighted by atomic mass is 32.2. The second kappa shape index (κ2) is 7.59. The Labute approximate surface area is 154 Å². The van der Waals surface area contributed by atoms with Gasteiger partial charge < -0.3 is 4.90 Å². The molecule has 140 valence electrons. The minimum absolute atomic E-state index is 0.0583. The van der Waals surface area contributed by atoms with Crippen LogP contribution in [0.1, 0.15) is 18.5 Å². The third-order valence-electron chi connectivity index (χ3n) is 4.88. The van der Waals surface area contributed by atoms with Crippen LogP contribution < -0.4 is 0 Å². The number of carbonyl (C=O) groups is 1. The topological polar surface area (TPSA) is 75.5 Å². The lowest BCUT2D eigenvalue weighted by Gasteiger charge is -2.32. The van der Waals surface area contributed by atoms with Crippen LogP contribution in [0.5, 0.6) is 0 Å². The van der Waals surface area contributed by atoms with Crippen LogP contribution in [0, 0.1) is 5.92 Å². The van der Waals surface area contributed by atoms with Crippen molar-refractivity contribution in [2.24, 2.45) is 13.0 Å². The zero-order valence-electron chi connectivity index (χ0n) is 15.1. The van der Waals surface area contributed by atoms with Gasteiger partial charge in [0.1, 0.15) is 0 Å². The van der Waals surface area contributed by atoms with E-state index in [0.29, 0.717) is 37.4 Å². The van der Waals surface area contributed by atoms with Gasteiger partial charge in [0, 0.05) is 39.3 Å². The minimum Gasteiger partial charge on any atom is -0.340 e. The van der Waals surface area contributed by atoms with Crippen molar-refractivity contribution >= 4 is 15.9 Å². The normalized spacial score (nSPS) is 16.5. The average Bonchev–Trinajstić information content (AvgIpc) is 3.06. The predicted molar refractivity (Wildman–Crippen MR) is 97.6 cm³/mol. The number of piperidine rings is 1. The molecule has 0 bridgehead atoms. The molecule has 8 heteroatoms. The molecule has 1 aromatic heterocycles. The molecular weight excluding hydrogens is 352 g/mol. The molecular formula is C18H24N4O3S. The summed E-state index contributed by atoms with van der Waals surface area (Å²) in [5.41, 5.74) is 0.963. The van der Waals surface area contributed by atoms with Gasteiger partial charge in [-0.25, -0.2) is 8.42 Å². The molecule has 1 aliphatic rings. The van der Waals surface area contributed by atoms with Gasteiger partial charge in [-0.1, -0.05) is 18.2 Å². The number of sulfonamides is 1. The average molecular weight is 376 g/mol. The van der Waals surface area contributed by atoms with Crippen LogP contribution in [0.2, 0.25) is 0 Å². The summed E-state index contributed by atoms with van der Waals surface area (Å²) in [6, 6.07) is 10.3. The maximum atomic E-state index is 12.7. The zero-order chi connectivity index (χ0) is 18.7. The van der Waals surface area contributed by atoms with Gasteiger partial charge in [-0.2, -0.15) is 9.40 Å². The third kappa shape index (κ3) is 3.81. The molecule has 0 atom stereocenters. The minimum atomic E-state index is -3.48. The van der Waals surface area contributed by atoms with Gasteiger partial charge in [-0.05, 0) is 31.0 Å². The van der Waals surface area contributed by atoms with Crippen molar-refractivity contribution in [3.63, 3.8) is 0 Å². The molecule has 26 heavy (non-hydrogen) atoms. The molecule has 0 unspecified atom stereocenters. The molecule has 2 heterocycles. The highest BCUT2D eigenvalue weighted by molar-refractivity contribution is 7.89. The van der Waals surface area contributed by atoms with Crippen molar-refractivity contribution in [2.75, 3.05) is 20.1 Å². The van der Waals surface area contributed by atoms with Crippen LogP contribution in [0.3, 0.4) is 0 Å². The molecule has 1 saturated heterocycles. The van der Waals surface area contributed by atoms with Gasteiger partial charge >= 0.3 is 0 Å². The van der Waals surface area contributed by atoms with Crippen LogP contribution in [0.4, 0.5) is 0 Å². The number of aryl methyl sites for hydroxylation is 1. The maximum absolute atomic E-state index is 12.7. The summed E-state index contributed by atoms with van der Waals surface area (Å²) in [6.45, 7) is 1.23. The molecule has 1 aliphatic heterocycles. The fraction of sp³-hybridized carbons (Fsp3) is 0.444. The van der Waals surface area contributed by atoms with E-state index in [-0.39, 0.29) is 11.8 Å². The van der Waals surface area contributed by atoms with Gasteiger partial charge in [-0.3, -0.25) is 9.48 Å². The van der Waals surface area contributed by atoms with Gasteiger partial charge in [-0.15, -0.1) is 0 Å². The highest BCUT2D eigenvalue weighted by Crippen LogP contribution is 2.25. The number of hydrogen-bond donors (Lipinski definition) is 0. The second-order valence-corrected chi connectivity index (χ2v) is 8.57. The number of amides is 1. The summed E-state index contributed by atoms with van der Waals surface area (Å²) < 4.78 is 28.6. The molecule has 1 fully saturated rings. The summed E-state index contributed by atoms with van der Waals surface area (Å²) in [4.78, 5) is 14.7. The molecule has 1 amide bonds. The lowest BCUT2D eigenvalue weighted by atomic mass is 9.96. The number of carbonyl (C=O) groups excluding carboxylic acids is 1.